The summed E-state index contributed by atoms with van der Waals surface area (Å²) in [6, 6.07) is 0. The Hall–Kier alpha value is -1.39. The van der Waals surface area contributed by atoms with Gasteiger partial charge in [0.2, 0.25) is 11.8 Å². The average Bonchev–Trinajstić information content (AvgIpc) is 2.10. The van der Waals surface area contributed by atoms with Crippen LogP contribution in [-0.2, 0) is 0 Å². The summed E-state index contributed by atoms with van der Waals surface area (Å²) in [6.45, 7) is 0. The quantitative estimate of drug-likeness (QED) is 0.522. The van der Waals surface area contributed by atoms with Crippen LogP contribution in [-0.4, -0.2) is 21.9 Å². The molecule has 0 unspecified atom stereocenters. The van der Waals surface area contributed by atoms with Gasteiger partial charge in [-0.15, -0.1) is 0 Å². The number of nitrogen functional groups attached to an aromatic ring is 1. The maximum absolute atomic E-state index is 8.67. The standard InChI is InChI=1S/C4H7N3O2/c1-9-7-2-3(8)6-4(7)5/h2,8H,1H3,(H2,5,6). The van der Waals surface area contributed by atoms with Gasteiger partial charge in [0.1, 0.15) is 13.3 Å². The lowest BCUT2D eigenvalue weighted by Crippen LogP contribution is -2.07. The van der Waals surface area contributed by atoms with E-state index in [9.17, 15) is 0 Å². The van der Waals surface area contributed by atoms with E-state index in [1.54, 1.807) is 0 Å². The van der Waals surface area contributed by atoms with Crippen molar-refractivity contribution >= 4 is 5.95 Å². The van der Waals surface area contributed by atoms with Crippen molar-refractivity contribution in [2.24, 2.45) is 0 Å². The lowest BCUT2D eigenvalue weighted by Gasteiger charge is -1.97. The van der Waals surface area contributed by atoms with Gasteiger partial charge in [-0.05, 0) is 0 Å². The monoisotopic (exact) mass is 129 g/mol. The van der Waals surface area contributed by atoms with Crippen LogP contribution in [0.4, 0.5) is 5.95 Å². The summed E-state index contributed by atoms with van der Waals surface area (Å²) >= 11 is 0. The Morgan fingerprint density at radius 2 is 2.56 bits per heavy atom. The third-order valence-electron chi connectivity index (χ3n) is 0.884. The van der Waals surface area contributed by atoms with E-state index in [1.807, 2.05) is 0 Å². The van der Waals surface area contributed by atoms with Gasteiger partial charge in [-0.2, -0.15) is 9.71 Å². The van der Waals surface area contributed by atoms with Crippen LogP contribution < -0.4 is 10.6 Å². The van der Waals surface area contributed by atoms with Gasteiger partial charge in [0.25, 0.3) is 0 Å². The summed E-state index contributed by atoms with van der Waals surface area (Å²) in [5, 5.41) is 8.67. The minimum Gasteiger partial charge on any atom is -0.492 e. The fourth-order valence-electron chi connectivity index (χ4n) is 0.513. The van der Waals surface area contributed by atoms with Gasteiger partial charge in [0.15, 0.2) is 0 Å². The summed E-state index contributed by atoms with van der Waals surface area (Å²) < 4.78 is 1.16. The Kier molecular flexibility index (Phi) is 1.18. The molecular weight excluding hydrogens is 122 g/mol. The average molecular weight is 129 g/mol. The molecule has 1 rings (SSSR count). The Morgan fingerprint density at radius 1 is 1.89 bits per heavy atom. The normalized spacial score (nSPS) is 9.44. The van der Waals surface area contributed by atoms with Gasteiger partial charge in [-0.25, -0.2) is 0 Å². The molecule has 5 heteroatoms. The summed E-state index contributed by atoms with van der Waals surface area (Å²) in [4.78, 5) is 8.09. The minimum atomic E-state index is -0.144. The van der Waals surface area contributed by atoms with Crippen molar-refractivity contribution in [1.82, 2.24) is 9.71 Å². The highest BCUT2D eigenvalue weighted by Gasteiger charge is 2.00. The van der Waals surface area contributed by atoms with Crippen LogP contribution in [0.25, 0.3) is 0 Å². The summed E-state index contributed by atoms with van der Waals surface area (Å²) in [7, 11) is 1.43. The molecular formula is C4H7N3O2. The van der Waals surface area contributed by atoms with Crippen molar-refractivity contribution in [3.63, 3.8) is 0 Å². The molecule has 50 valence electrons. The fourth-order valence-corrected chi connectivity index (χ4v) is 0.513. The van der Waals surface area contributed by atoms with Gasteiger partial charge >= 0.3 is 0 Å². The summed E-state index contributed by atoms with van der Waals surface area (Å²) in [6.07, 6.45) is 1.27. The highest BCUT2D eigenvalue weighted by molar-refractivity contribution is 5.22. The lowest BCUT2D eigenvalue weighted by molar-refractivity contribution is 0.171. The molecule has 0 fully saturated rings. The van der Waals surface area contributed by atoms with Crippen LogP contribution in [0.5, 0.6) is 5.88 Å². The molecule has 0 atom stereocenters. The third kappa shape index (κ3) is 0.883. The second kappa shape index (κ2) is 1.85. The first-order chi connectivity index (χ1) is 4.24. The van der Waals surface area contributed by atoms with E-state index in [-0.39, 0.29) is 11.8 Å². The van der Waals surface area contributed by atoms with Gasteiger partial charge in [0.05, 0.1) is 0 Å². The highest BCUT2D eigenvalue weighted by atomic mass is 16.6. The van der Waals surface area contributed by atoms with Crippen LogP contribution in [0, 0.1) is 0 Å². The number of nitrogens with zero attached hydrogens (tertiary/aromatic N) is 2. The third-order valence-corrected chi connectivity index (χ3v) is 0.884. The number of aromatic hydroxyl groups is 1. The van der Waals surface area contributed by atoms with E-state index in [1.165, 1.54) is 13.3 Å². The lowest BCUT2D eigenvalue weighted by atomic mass is 10.9. The molecule has 0 saturated carbocycles. The first-order valence-corrected chi connectivity index (χ1v) is 2.32. The molecule has 0 bridgehead atoms. The second-order valence-electron chi connectivity index (χ2n) is 1.47. The molecule has 5 nitrogen and oxygen atoms in total. The molecule has 0 radical (unpaired) electrons. The number of hydrogen-bond donors (Lipinski definition) is 2. The SMILES string of the molecule is COn1cc(O)nc1N. The first kappa shape index (κ1) is 5.74. The first-order valence-electron chi connectivity index (χ1n) is 2.32. The maximum Gasteiger partial charge on any atom is 0.237 e. The molecule has 1 heterocycles. The number of hydrogen-bond acceptors (Lipinski definition) is 4. The van der Waals surface area contributed by atoms with E-state index in [4.69, 9.17) is 10.8 Å². The van der Waals surface area contributed by atoms with Crippen LogP contribution in [0.15, 0.2) is 6.20 Å². The van der Waals surface area contributed by atoms with E-state index in [0.29, 0.717) is 0 Å². The number of rotatable bonds is 1. The maximum atomic E-state index is 8.67. The van der Waals surface area contributed by atoms with Crippen molar-refractivity contribution in [2.75, 3.05) is 12.8 Å². The number of nitrogens with two attached hydrogens (primary N) is 1. The van der Waals surface area contributed by atoms with Crippen molar-refractivity contribution in [3.05, 3.63) is 6.20 Å². The Morgan fingerprint density at radius 3 is 2.78 bits per heavy atom. The van der Waals surface area contributed by atoms with E-state index >= 15 is 0 Å². The zero-order valence-corrected chi connectivity index (χ0v) is 4.90. The molecule has 1 aromatic rings. The van der Waals surface area contributed by atoms with E-state index in [0.717, 1.165) is 4.73 Å². The molecule has 9 heavy (non-hydrogen) atoms. The Balaban J connectivity index is 3.01. The smallest absolute Gasteiger partial charge is 0.237 e. The molecule has 0 aliphatic rings. The molecule has 0 aliphatic heterocycles. The Labute approximate surface area is 51.6 Å². The highest BCUT2D eigenvalue weighted by Crippen LogP contribution is 2.07. The second-order valence-corrected chi connectivity index (χ2v) is 1.47. The number of anilines is 1. The zero-order valence-electron chi connectivity index (χ0n) is 4.90. The van der Waals surface area contributed by atoms with Crippen LogP contribution in [0.1, 0.15) is 0 Å². The van der Waals surface area contributed by atoms with Crippen LogP contribution in [0.3, 0.4) is 0 Å². The van der Waals surface area contributed by atoms with Gasteiger partial charge in [-0.1, -0.05) is 0 Å². The predicted molar refractivity (Wildman–Crippen MR) is 30.8 cm³/mol. The molecule has 0 spiro atoms. The zero-order chi connectivity index (χ0) is 6.85. The topological polar surface area (TPSA) is 73.3 Å². The molecule has 3 N–H and O–H groups in total. The van der Waals surface area contributed by atoms with E-state index in [2.05, 4.69) is 9.82 Å². The minimum absolute atomic E-state index is 0.134. The van der Waals surface area contributed by atoms with Gasteiger partial charge in [-0.3, -0.25) is 0 Å². The van der Waals surface area contributed by atoms with E-state index < -0.39 is 0 Å². The van der Waals surface area contributed by atoms with Crippen LogP contribution in [0.2, 0.25) is 0 Å². The number of imidazole rings is 1. The van der Waals surface area contributed by atoms with Gasteiger partial charge in [0, 0.05) is 0 Å². The van der Waals surface area contributed by atoms with Crippen molar-refractivity contribution in [2.45, 2.75) is 0 Å². The largest absolute Gasteiger partial charge is 0.492 e. The van der Waals surface area contributed by atoms with Crippen molar-refractivity contribution in [1.29, 1.82) is 0 Å². The van der Waals surface area contributed by atoms with Crippen molar-refractivity contribution < 1.29 is 9.94 Å². The van der Waals surface area contributed by atoms with Gasteiger partial charge < -0.3 is 15.7 Å². The predicted octanol–water partition coefficient (Wildman–Crippen LogP) is -0.771. The summed E-state index contributed by atoms with van der Waals surface area (Å²) in [5.41, 5.74) is 5.22. The van der Waals surface area contributed by atoms with Crippen molar-refractivity contribution in [3.8, 4) is 5.88 Å². The molecule has 1 aromatic heterocycles. The molecule has 0 amide bonds. The van der Waals surface area contributed by atoms with Crippen LogP contribution >= 0.6 is 0 Å². The molecule has 0 saturated heterocycles. The molecule has 0 aromatic carbocycles. The summed E-state index contributed by atoms with van der Waals surface area (Å²) in [5.74, 6) is -0.00986. The fraction of sp³-hybridized carbons (Fsp3) is 0.250. The number of aromatic nitrogens is 2. The molecule has 0 aliphatic carbocycles. The Bertz CT molecular complexity index is 208.